The third-order valence-corrected chi connectivity index (χ3v) is 9.79. The minimum Gasteiger partial charge on any atom is -0.598 e. The summed E-state index contributed by atoms with van der Waals surface area (Å²) in [6.45, 7) is 9.94. The lowest BCUT2D eigenvalue weighted by Gasteiger charge is -2.44. The maximum Gasteiger partial charge on any atom is 0.211 e. The van der Waals surface area contributed by atoms with Crippen molar-refractivity contribution in [3.8, 4) is 11.1 Å². The van der Waals surface area contributed by atoms with Crippen molar-refractivity contribution in [2.45, 2.75) is 70.6 Å². The highest BCUT2D eigenvalue weighted by Crippen LogP contribution is 2.48. The average molecular weight is 515 g/mol. The predicted octanol–water partition coefficient (Wildman–Crippen LogP) is 5.13. The summed E-state index contributed by atoms with van der Waals surface area (Å²) in [4.78, 5) is 12.1. The summed E-state index contributed by atoms with van der Waals surface area (Å²) in [5.41, 5.74) is 10.3. The number of hydrogen-bond acceptors (Lipinski definition) is 6. The zero-order valence-electron chi connectivity index (χ0n) is 21.0. The van der Waals surface area contributed by atoms with Crippen molar-refractivity contribution in [3.63, 3.8) is 0 Å². The lowest BCUT2D eigenvalue weighted by molar-refractivity contribution is 0.186. The number of nitrogen functional groups attached to an aromatic ring is 1. The summed E-state index contributed by atoms with van der Waals surface area (Å²) in [6, 6.07) is 5.99. The third-order valence-electron chi connectivity index (χ3n) is 7.76. The van der Waals surface area contributed by atoms with Crippen molar-refractivity contribution in [1.82, 2.24) is 19.1 Å². The first-order chi connectivity index (χ1) is 16.6. The highest BCUT2D eigenvalue weighted by Gasteiger charge is 2.48. The van der Waals surface area contributed by atoms with Crippen LogP contribution in [0.25, 0.3) is 16.8 Å². The number of benzene rings is 1. The van der Waals surface area contributed by atoms with Gasteiger partial charge in [0.25, 0.3) is 0 Å². The molecular formula is C26H35ClN6OS. The quantitative estimate of drug-likeness (QED) is 0.370. The van der Waals surface area contributed by atoms with Gasteiger partial charge in [-0.05, 0) is 64.9 Å². The monoisotopic (exact) mass is 514 g/mol. The molecule has 0 amide bonds. The predicted molar refractivity (Wildman–Crippen MR) is 145 cm³/mol. The van der Waals surface area contributed by atoms with Crippen LogP contribution in [0.1, 0.15) is 58.6 Å². The molecule has 2 aromatic heterocycles. The van der Waals surface area contributed by atoms with Gasteiger partial charge in [-0.3, -0.25) is 4.40 Å². The smallest absolute Gasteiger partial charge is 0.211 e. The summed E-state index contributed by atoms with van der Waals surface area (Å²) >= 11 is 5.53. The van der Waals surface area contributed by atoms with Crippen LogP contribution in [-0.2, 0) is 11.4 Å². The van der Waals surface area contributed by atoms with Crippen LogP contribution >= 0.6 is 11.6 Å². The largest absolute Gasteiger partial charge is 0.598 e. The van der Waals surface area contributed by atoms with Crippen molar-refractivity contribution in [2.75, 3.05) is 23.7 Å². The van der Waals surface area contributed by atoms with Crippen LogP contribution < -0.4 is 15.4 Å². The zero-order chi connectivity index (χ0) is 25.0. The maximum absolute atomic E-state index is 12.8. The number of imidazole rings is 1. The van der Waals surface area contributed by atoms with Gasteiger partial charge in [-0.1, -0.05) is 30.2 Å². The van der Waals surface area contributed by atoms with Crippen LogP contribution in [-0.4, -0.2) is 42.8 Å². The molecule has 188 valence electrons. The summed E-state index contributed by atoms with van der Waals surface area (Å²) in [6.07, 6.45) is 9.39. The van der Waals surface area contributed by atoms with Gasteiger partial charge in [0.1, 0.15) is 10.4 Å². The van der Waals surface area contributed by atoms with Crippen LogP contribution in [0, 0.1) is 12.3 Å². The molecule has 1 aromatic carbocycles. The van der Waals surface area contributed by atoms with E-state index in [1.165, 1.54) is 12.8 Å². The Morgan fingerprint density at radius 2 is 1.97 bits per heavy atom. The van der Waals surface area contributed by atoms with E-state index >= 15 is 0 Å². The van der Waals surface area contributed by atoms with Crippen molar-refractivity contribution >= 4 is 40.2 Å². The Balaban J connectivity index is 1.42. The van der Waals surface area contributed by atoms with Crippen LogP contribution in [0.5, 0.6) is 0 Å². The van der Waals surface area contributed by atoms with Crippen molar-refractivity contribution in [3.05, 3.63) is 41.3 Å². The van der Waals surface area contributed by atoms with Gasteiger partial charge in [-0.2, -0.15) is 0 Å². The van der Waals surface area contributed by atoms with E-state index < -0.39 is 11.4 Å². The number of nitrogens with zero attached hydrogens (tertiary/aromatic N) is 4. The molecule has 35 heavy (non-hydrogen) atoms. The fourth-order valence-corrected chi connectivity index (χ4v) is 6.93. The maximum atomic E-state index is 12.8. The summed E-state index contributed by atoms with van der Waals surface area (Å²) < 4.78 is 18.1. The molecule has 0 radical (unpaired) electrons. The Kier molecular flexibility index (Phi) is 6.45. The number of rotatable bonds is 4. The third kappa shape index (κ3) is 4.39. The Morgan fingerprint density at radius 3 is 2.69 bits per heavy atom. The van der Waals surface area contributed by atoms with E-state index in [1.807, 2.05) is 52.2 Å². The molecule has 0 bridgehead atoms. The van der Waals surface area contributed by atoms with Gasteiger partial charge in [0.15, 0.2) is 0 Å². The van der Waals surface area contributed by atoms with Crippen LogP contribution in [0.2, 0.25) is 5.02 Å². The van der Waals surface area contributed by atoms with Gasteiger partial charge >= 0.3 is 0 Å². The molecule has 1 saturated carbocycles. The van der Waals surface area contributed by atoms with Crippen molar-refractivity contribution in [1.29, 1.82) is 0 Å². The van der Waals surface area contributed by atoms with Crippen molar-refractivity contribution in [2.24, 2.45) is 5.41 Å². The second kappa shape index (κ2) is 9.14. The zero-order valence-corrected chi connectivity index (χ0v) is 22.5. The Morgan fingerprint density at radius 1 is 1.23 bits per heavy atom. The number of nitrogens with one attached hydrogen (secondary N) is 1. The molecule has 2 fully saturated rings. The first-order valence-electron chi connectivity index (χ1n) is 12.4. The SMILES string of the molecule is Cc1nc(N2CCC3(CCC[C@H]3N[S+]([O-])C(C)(C)C)CC2)n2ccnc2c1-c1cccc(N)c1Cl. The fraction of sp³-hybridized carbons (Fsp3) is 0.538. The van der Waals surface area contributed by atoms with Gasteiger partial charge in [-0.25, -0.2) is 9.97 Å². The molecule has 1 saturated heterocycles. The second-order valence-electron chi connectivity index (χ2n) is 11.0. The Hall–Kier alpha value is -2.00. The molecule has 1 aliphatic heterocycles. The minimum absolute atomic E-state index is 0.204. The van der Waals surface area contributed by atoms with Crippen molar-refractivity contribution < 1.29 is 4.55 Å². The average Bonchev–Trinajstić information content (AvgIpc) is 3.44. The molecule has 1 aliphatic carbocycles. The molecule has 3 aromatic rings. The Labute approximate surface area is 215 Å². The molecule has 7 nitrogen and oxygen atoms in total. The molecule has 5 rings (SSSR count). The summed E-state index contributed by atoms with van der Waals surface area (Å²) in [5, 5.41) is 0.530. The lowest BCUT2D eigenvalue weighted by atomic mass is 9.74. The first kappa shape index (κ1) is 24.7. The van der Waals surface area contributed by atoms with E-state index in [-0.39, 0.29) is 10.2 Å². The number of halogens is 1. The summed E-state index contributed by atoms with van der Waals surface area (Å²) in [7, 11) is 0. The molecular weight excluding hydrogens is 480 g/mol. The number of piperidine rings is 1. The number of hydrogen-bond donors (Lipinski definition) is 2. The Bertz CT molecular complexity index is 1230. The van der Waals surface area contributed by atoms with Gasteiger partial charge in [0, 0.05) is 48.0 Å². The van der Waals surface area contributed by atoms with Gasteiger partial charge in [-0.15, -0.1) is 4.72 Å². The van der Waals surface area contributed by atoms with Gasteiger partial charge in [0.05, 0.1) is 22.4 Å². The number of anilines is 2. The van der Waals surface area contributed by atoms with E-state index in [1.54, 1.807) is 6.07 Å². The van der Waals surface area contributed by atoms with Gasteiger partial charge < -0.3 is 15.2 Å². The molecule has 3 heterocycles. The normalized spacial score (nSPS) is 21.2. The standard InChI is InChI=1S/C26H35ClN6OS/c1-17-21(18-7-5-8-19(28)22(18)27)23-29-13-16-33(23)24(30-17)32-14-11-26(12-15-32)10-6-9-20(26)31-35(34)25(2,3)4/h5,7-8,13,16,20,31H,6,9-12,14-15,28H2,1-4H3/t20-,35?/m1/s1. The molecule has 2 atom stereocenters. The van der Waals surface area contributed by atoms with E-state index in [4.69, 9.17) is 22.3 Å². The molecule has 2 aliphatic rings. The van der Waals surface area contributed by atoms with Gasteiger partial charge in [0.2, 0.25) is 5.95 Å². The van der Waals surface area contributed by atoms with Crippen LogP contribution in [0.3, 0.4) is 0 Å². The fourth-order valence-electron chi connectivity index (χ4n) is 5.73. The topological polar surface area (TPSA) is 94.5 Å². The first-order valence-corrected chi connectivity index (χ1v) is 13.9. The van der Waals surface area contributed by atoms with E-state index in [0.717, 1.165) is 60.8 Å². The second-order valence-corrected chi connectivity index (χ2v) is 13.4. The number of aromatic nitrogens is 3. The van der Waals surface area contributed by atoms with E-state index in [9.17, 15) is 4.55 Å². The highest BCUT2D eigenvalue weighted by atomic mass is 35.5. The van der Waals surface area contributed by atoms with Crippen LogP contribution in [0.4, 0.5) is 11.6 Å². The molecule has 9 heteroatoms. The van der Waals surface area contributed by atoms with Crippen LogP contribution in [0.15, 0.2) is 30.6 Å². The number of aryl methyl sites for hydroxylation is 1. The lowest BCUT2D eigenvalue weighted by Crippen LogP contribution is -2.53. The number of nitrogens with two attached hydrogens (primary N) is 1. The summed E-state index contributed by atoms with van der Waals surface area (Å²) in [5.74, 6) is 0.911. The minimum atomic E-state index is -1.05. The molecule has 1 spiro atoms. The van der Waals surface area contributed by atoms with E-state index in [0.29, 0.717) is 16.8 Å². The van der Waals surface area contributed by atoms with E-state index in [2.05, 4.69) is 19.0 Å². The molecule has 3 N–H and O–H groups in total. The molecule has 1 unspecified atom stereocenters. The highest BCUT2D eigenvalue weighted by molar-refractivity contribution is 7.90. The number of fused-ring (bicyclic) bond motifs is 1.